The van der Waals surface area contributed by atoms with Gasteiger partial charge in [0.25, 0.3) is 20.0 Å². The number of ether oxygens (including phenoxy) is 8. The van der Waals surface area contributed by atoms with Gasteiger partial charge in [-0.15, -0.1) is 0 Å². The van der Waals surface area contributed by atoms with Crippen molar-refractivity contribution in [2.75, 3.05) is 54.9 Å². The van der Waals surface area contributed by atoms with Crippen molar-refractivity contribution in [2.24, 2.45) is 0 Å². The molecule has 4 aromatic carbocycles. The van der Waals surface area contributed by atoms with E-state index in [4.69, 9.17) is 37.9 Å². The zero-order valence-electron chi connectivity index (χ0n) is 50.6. The number of pyridine rings is 2. The van der Waals surface area contributed by atoms with Crippen LogP contribution >= 0.6 is 0 Å². The number of benzene rings is 4. The molecule has 0 spiro atoms. The average molecular weight is 1360 g/mol. The molecule has 8 rings (SSSR count). The summed E-state index contributed by atoms with van der Waals surface area (Å²) in [6, 6.07) is 15.1. The largest absolute Gasteiger partial charge is 1.00 e. The predicted octanol–water partition coefficient (Wildman–Crippen LogP) is -12.2. The normalized spacial score (nSPS) is 11.6. The first kappa shape index (κ1) is 78.8. The van der Waals surface area contributed by atoms with Crippen molar-refractivity contribution >= 4 is 87.6 Å². The molecule has 90 heavy (non-hydrogen) atoms. The fraction of sp³-hybridized carbons (Fsp3) is 0.259. The Balaban J connectivity index is 0.000000450. The minimum Gasteiger partial charge on any atom is -0.546 e. The van der Waals surface area contributed by atoms with Crippen molar-refractivity contribution in [1.82, 2.24) is 27.9 Å². The Morgan fingerprint density at radius 2 is 0.833 bits per heavy atom. The molecule has 2 unspecified atom stereocenters. The Kier molecular flexibility index (Phi) is 30.2. The summed E-state index contributed by atoms with van der Waals surface area (Å²) < 4.78 is 127. The molecule has 36 heteroatoms. The molecule has 28 nitrogen and oxygen atoms in total. The van der Waals surface area contributed by atoms with Crippen molar-refractivity contribution in [3.8, 4) is 46.0 Å². The molecule has 0 bridgehead atoms. The molecule has 8 aromatic rings. The van der Waals surface area contributed by atoms with Crippen LogP contribution in [0.1, 0.15) is 33.6 Å². The SMILES string of the molecule is COc1ccc2c(c1)nc(S(=O)Cc1ncc(C)c(OC)c1C)n2S(=O)(=O)c1ccc(OCC(=O)[O-])c(OCC(=O)[O-])c1.COc1ccc2nc(S(=O)Cc3ncc(C)c(OC)c3C)n(S(=O)(=O)c3ccc(OCC(=O)[O-])c(OCC(=O)[O-])c3)c2c1.[Na+].[Na+].[Na+].[Na+]. The van der Waals surface area contributed by atoms with Gasteiger partial charge in [-0.2, -0.15) is 0 Å². The van der Waals surface area contributed by atoms with Gasteiger partial charge in [-0.1, -0.05) is 0 Å². The third-order valence-electron chi connectivity index (χ3n) is 12.3. The van der Waals surface area contributed by atoms with Crippen LogP contribution in [0, 0.1) is 27.7 Å². The van der Waals surface area contributed by atoms with Gasteiger partial charge in [0, 0.05) is 58.9 Å². The van der Waals surface area contributed by atoms with E-state index in [0.717, 1.165) is 55.5 Å². The van der Waals surface area contributed by atoms with Gasteiger partial charge in [0.15, 0.2) is 23.0 Å². The quantitative estimate of drug-likeness (QED) is 0.0454. The second kappa shape index (κ2) is 34.5. The number of nitrogens with zero attached hydrogens (tertiary/aromatic N) is 6. The first-order chi connectivity index (χ1) is 40.7. The molecule has 0 aliphatic rings. The van der Waals surface area contributed by atoms with Crippen LogP contribution in [0.2, 0.25) is 0 Å². The summed E-state index contributed by atoms with van der Waals surface area (Å²) in [5.74, 6) is -6.34. The van der Waals surface area contributed by atoms with Gasteiger partial charge >= 0.3 is 118 Å². The van der Waals surface area contributed by atoms with Gasteiger partial charge < -0.3 is 77.5 Å². The molecule has 0 radical (unpaired) electrons. The number of carbonyl (C=O) groups is 4. The van der Waals surface area contributed by atoms with Gasteiger partial charge in [-0.3, -0.25) is 18.4 Å². The van der Waals surface area contributed by atoms with Crippen LogP contribution in [-0.4, -0.2) is 132 Å². The number of aryl methyl sites for hydroxylation is 2. The minimum atomic E-state index is -4.62. The molecule has 0 N–H and O–H groups in total. The molecule has 0 saturated carbocycles. The minimum absolute atomic E-state index is 0. The van der Waals surface area contributed by atoms with Gasteiger partial charge in [-0.05, 0) is 76.2 Å². The van der Waals surface area contributed by atoms with E-state index in [-0.39, 0.29) is 174 Å². The molecule has 2 atom stereocenters. The monoisotopic (exact) mass is 1350 g/mol. The van der Waals surface area contributed by atoms with Gasteiger partial charge in [0.1, 0.15) is 49.4 Å². The summed E-state index contributed by atoms with van der Waals surface area (Å²) >= 11 is 0. The van der Waals surface area contributed by atoms with Crippen molar-refractivity contribution < 1.29 is 221 Å². The number of carboxylic acid groups (broad SMARTS) is 4. The summed E-state index contributed by atoms with van der Waals surface area (Å²) in [5, 5.41) is 43.1. The summed E-state index contributed by atoms with van der Waals surface area (Å²) in [7, 11) is -7.54. The maximum absolute atomic E-state index is 14.1. The summed E-state index contributed by atoms with van der Waals surface area (Å²) in [4.78, 5) is 60.4. The molecule has 456 valence electrons. The third-order valence-corrected chi connectivity index (χ3v) is 18.4. The second-order valence-electron chi connectivity index (χ2n) is 18.0. The average Bonchev–Trinajstić information content (AvgIpc) is 1.56. The van der Waals surface area contributed by atoms with Gasteiger partial charge in [0.2, 0.25) is 10.3 Å². The standard InChI is InChI=1S/2C27H27N3O11S2.4Na/c1-15-11-28-20(16(2)26(15)39-4)14-42(35)27-29-19-9-17(38-3)5-7-21(19)30(27)43(36,37)18-6-8-22(40-12-24(31)32)23(10-18)41-13-25(33)34;1-15-11-28-20(16(2)26(15)39-4)14-42(35)27-29-19-7-5-17(38-3)9-21(19)30(27)43(36,37)18-6-8-22(40-12-24(31)32)23(10-18)41-13-25(33)34;;;;/h2*5-11H,12-14H2,1-4H3,(H,31,32)(H,33,34);;;;/q;;4*+1/p-4. The van der Waals surface area contributed by atoms with Crippen molar-refractivity contribution in [1.29, 1.82) is 0 Å². The number of hydrogen-bond donors (Lipinski definition) is 0. The molecule has 0 aliphatic carbocycles. The molecular weight excluding hydrogens is 1300 g/mol. The van der Waals surface area contributed by atoms with E-state index in [1.807, 2.05) is 0 Å². The first-order valence-electron chi connectivity index (χ1n) is 24.7. The molecule has 0 fully saturated rings. The summed E-state index contributed by atoms with van der Waals surface area (Å²) in [6.45, 7) is 3.29. The Labute approximate surface area is 608 Å². The summed E-state index contributed by atoms with van der Waals surface area (Å²) in [6.07, 6.45) is 3.11. The molecule has 4 heterocycles. The van der Waals surface area contributed by atoms with E-state index >= 15 is 0 Å². The first-order valence-corrected chi connectivity index (χ1v) is 30.2. The molecule has 0 aliphatic heterocycles. The topological polar surface area (TPSA) is 398 Å². The Hall–Kier alpha value is -5.40. The van der Waals surface area contributed by atoms with Crippen LogP contribution in [0.15, 0.2) is 105 Å². The molecule has 0 saturated heterocycles. The molecule has 0 amide bonds. The smallest absolute Gasteiger partial charge is 0.546 e. The number of carbonyl (C=O) groups excluding carboxylic acids is 4. The van der Waals surface area contributed by atoms with E-state index < -0.39 is 113 Å². The van der Waals surface area contributed by atoms with Crippen LogP contribution in [0.5, 0.6) is 46.0 Å². The Morgan fingerprint density at radius 1 is 0.467 bits per heavy atom. The van der Waals surface area contributed by atoms with Gasteiger partial charge in [-0.25, -0.2) is 34.7 Å². The molecular formula is C54H50N6Na4O22S4. The van der Waals surface area contributed by atoms with Crippen molar-refractivity contribution in [3.05, 3.63) is 119 Å². The number of imidazole rings is 2. The van der Waals surface area contributed by atoms with Crippen LogP contribution in [0.3, 0.4) is 0 Å². The van der Waals surface area contributed by atoms with Crippen LogP contribution < -0.4 is 177 Å². The maximum Gasteiger partial charge on any atom is 1.00 e. The zero-order chi connectivity index (χ0) is 62.9. The zero-order valence-corrected chi connectivity index (χ0v) is 61.9. The third kappa shape index (κ3) is 18.5. The number of hydrogen-bond acceptors (Lipinski definition) is 26. The summed E-state index contributed by atoms with van der Waals surface area (Å²) in [5.41, 5.74) is 4.08. The second-order valence-corrected chi connectivity index (χ2v) is 24.2. The number of aliphatic carboxylic acids is 4. The van der Waals surface area contributed by atoms with E-state index in [9.17, 15) is 64.9 Å². The van der Waals surface area contributed by atoms with E-state index in [1.165, 1.54) is 58.8 Å². The number of rotatable bonds is 26. The molecule has 4 aromatic heterocycles. The number of aromatic nitrogens is 6. The van der Waals surface area contributed by atoms with Crippen LogP contribution in [0.4, 0.5) is 0 Å². The van der Waals surface area contributed by atoms with Crippen LogP contribution in [-0.2, 0) is 72.3 Å². The van der Waals surface area contributed by atoms with E-state index in [2.05, 4.69) is 19.9 Å². The number of methoxy groups -OCH3 is 4. The fourth-order valence-corrected chi connectivity index (χ4v) is 14.5. The van der Waals surface area contributed by atoms with Crippen LogP contribution in [0.25, 0.3) is 22.1 Å². The maximum atomic E-state index is 14.1. The fourth-order valence-electron chi connectivity index (χ4n) is 8.36. The van der Waals surface area contributed by atoms with E-state index in [0.29, 0.717) is 45.5 Å². The van der Waals surface area contributed by atoms with Crippen molar-refractivity contribution in [3.63, 3.8) is 0 Å². The predicted molar refractivity (Wildman–Crippen MR) is 293 cm³/mol. The Morgan fingerprint density at radius 3 is 1.22 bits per heavy atom. The Bertz CT molecular complexity index is 4200. The van der Waals surface area contributed by atoms with Gasteiger partial charge in [0.05, 0.1) is 129 Å². The van der Waals surface area contributed by atoms with Crippen molar-refractivity contribution in [2.45, 2.75) is 59.3 Å². The van der Waals surface area contributed by atoms with E-state index in [1.54, 1.807) is 46.2 Å². The number of carboxylic acids is 4. The number of fused-ring (bicyclic) bond motifs is 2.